The fourth-order valence-corrected chi connectivity index (χ4v) is 4.12. The van der Waals surface area contributed by atoms with Crippen LogP contribution in [0.25, 0.3) is 0 Å². The average Bonchev–Trinajstić information content (AvgIpc) is 2.31. The lowest BCUT2D eigenvalue weighted by Gasteiger charge is -2.25. The van der Waals surface area contributed by atoms with E-state index in [1.165, 1.54) is 22.6 Å². The Morgan fingerprint density at radius 1 is 1.36 bits per heavy atom. The Labute approximate surface area is 146 Å². The molecule has 124 valence electrons. The molecule has 0 aliphatic rings. The van der Waals surface area contributed by atoms with Crippen molar-refractivity contribution in [2.45, 2.75) is 23.6 Å². The van der Waals surface area contributed by atoms with Gasteiger partial charge in [0.2, 0.25) is 5.60 Å². The van der Waals surface area contributed by atoms with Crippen LogP contribution in [0.3, 0.4) is 0 Å². The largest absolute Gasteiger partial charge is 0.426 e. The molecular weight excluding hydrogens is 485 g/mol. The first-order valence-electron chi connectivity index (χ1n) is 5.23. The highest BCUT2D eigenvalue weighted by atomic mass is 127. The Morgan fingerprint density at radius 2 is 1.86 bits per heavy atom. The van der Waals surface area contributed by atoms with Gasteiger partial charge in [0.15, 0.2) is 0 Å². The minimum atomic E-state index is -5.20. The van der Waals surface area contributed by atoms with Gasteiger partial charge in [0.1, 0.15) is 0 Å². The number of hydrogen-bond acceptors (Lipinski definition) is 4. The normalized spacial score (nSPS) is 15.3. The summed E-state index contributed by atoms with van der Waals surface area (Å²) in [5.41, 5.74) is -3.94. The lowest BCUT2D eigenvalue weighted by molar-refractivity contribution is -0.242. The van der Waals surface area contributed by atoms with Crippen molar-refractivity contribution in [3.63, 3.8) is 0 Å². The number of nitrogens with one attached hydrogen (secondary N) is 1. The molecule has 1 atom stereocenters. The topological polar surface area (TPSA) is 83.5 Å². The third-order valence-electron chi connectivity index (χ3n) is 2.55. The fraction of sp³-hybridized carbons (Fsp3) is 0.300. The molecule has 0 saturated heterocycles. The maximum Gasteiger partial charge on any atom is 0.426 e. The lowest BCUT2D eigenvalue weighted by atomic mass is 10.1. The average molecular weight is 492 g/mol. The molecular formula is C10H7Cl2F3INO4S. The number of benzene rings is 1. The second-order valence-corrected chi connectivity index (χ2v) is 8.19. The second kappa shape index (κ2) is 6.30. The summed E-state index contributed by atoms with van der Waals surface area (Å²) in [5, 5.41) is 10.7. The molecule has 1 amide bonds. The maximum absolute atomic E-state index is 12.5. The van der Waals surface area contributed by atoms with E-state index in [0.717, 1.165) is 12.1 Å². The van der Waals surface area contributed by atoms with Crippen LogP contribution >= 0.6 is 44.9 Å². The summed E-state index contributed by atoms with van der Waals surface area (Å²) in [5.74, 6) is -1.76. The van der Waals surface area contributed by atoms with Gasteiger partial charge in [-0.05, 0) is 41.6 Å². The van der Waals surface area contributed by atoms with Crippen LogP contribution in [0.1, 0.15) is 6.92 Å². The third-order valence-corrected chi connectivity index (χ3v) is 6.11. The van der Waals surface area contributed by atoms with E-state index in [1.807, 2.05) is 0 Å². The van der Waals surface area contributed by atoms with Crippen molar-refractivity contribution in [3.8, 4) is 0 Å². The van der Waals surface area contributed by atoms with Crippen molar-refractivity contribution < 1.29 is 31.5 Å². The molecule has 12 heteroatoms. The predicted molar refractivity (Wildman–Crippen MR) is 82.5 cm³/mol. The molecule has 0 aliphatic heterocycles. The highest BCUT2D eigenvalue weighted by molar-refractivity contribution is 14.1. The minimum Gasteiger partial charge on any atom is -0.373 e. The Bertz CT molecular complexity index is 722. The van der Waals surface area contributed by atoms with Crippen LogP contribution in [0.2, 0.25) is 5.02 Å². The van der Waals surface area contributed by atoms with Gasteiger partial charge < -0.3 is 10.4 Å². The molecule has 0 fully saturated rings. The van der Waals surface area contributed by atoms with E-state index in [2.05, 4.69) is 0 Å². The van der Waals surface area contributed by atoms with Gasteiger partial charge in [0, 0.05) is 10.7 Å². The summed E-state index contributed by atoms with van der Waals surface area (Å²) >= 11 is 7.31. The quantitative estimate of drug-likeness (QED) is 0.502. The number of rotatable bonds is 3. The molecule has 0 radical (unpaired) electrons. The predicted octanol–water partition coefficient (Wildman–Crippen LogP) is 3.12. The monoisotopic (exact) mass is 491 g/mol. The van der Waals surface area contributed by atoms with Crippen LogP contribution in [-0.2, 0) is 13.8 Å². The molecule has 1 aromatic rings. The molecule has 0 spiro atoms. The van der Waals surface area contributed by atoms with Crippen LogP contribution in [-0.4, -0.2) is 31.2 Å². The molecule has 22 heavy (non-hydrogen) atoms. The zero-order valence-corrected chi connectivity index (χ0v) is 15.0. The number of alkyl halides is 3. The van der Waals surface area contributed by atoms with Gasteiger partial charge in [-0.15, -0.1) is 0 Å². The van der Waals surface area contributed by atoms with Gasteiger partial charge in [0.05, 0.1) is 19.2 Å². The number of carbonyl (C=O) groups excluding carboxylic acids is 1. The minimum absolute atomic E-state index is 0.0845. The van der Waals surface area contributed by atoms with E-state index in [4.69, 9.17) is 22.3 Å². The number of amides is 1. The molecule has 0 bridgehead atoms. The first kappa shape index (κ1) is 19.7. The lowest BCUT2D eigenvalue weighted by Crippen LogP contribution is -2.52. The summed E-state index contributed by atoms with van der Waals surface area (Å²) in [6.45, 7) is 0.277. The smallest absolute Gasteiger partial charge is 0.373 e. The first-order valence-corrected chi connectivity index (χ1v) is 8.99. The first-order chi connectivity index (χ1) is 9.69. The van der Waals surface area contributed by atoms with E-state index in [-0.39, 0.29) is 26.1 Å². The van der Waals surface area contributed by atoms with Gasteiger partial charge in [-0.25, -0.2) is 8.42 Å². The highest BCUT2D eigenvalue weighted by Gasteiger charge is 2.55. The van der Waals surface area contributed by atoms with Crippen LogP contribution in [0, 0.1) is 3.57 Å². The number of anilines is 1. The maximum atomic E-state index is 12.5. The fourth-order valence-electron chi connectivity index (χ4n) is 1.19. The summed E-state index contributed by atoms with van der Waals surface area (Å²) in [6, 6.07) is 1.93. The molecule has 0 aromatic heterocycles. The van der Waals surface area contributed by atoms with Crippen LogP contribution in [0.4, 0.5) is 18.9 Å². The molecule has 5 nitrogen and oxygen atoms in total. The third kappa shape index (κ3) is 3.96. The van der Waals surface area contributed by atoms with Crippen molar-refractivity contribution in [3.05, 3.63) is 20.7 Å². The van der Waals surface area contributed by atoms with E-state index in [0.29, 0.717) is 0 Å². The van der Waals surface area contributed by atoms with Crippen molar-refractivity contribution in [1.82, 2.24) is 0 Å². The molecule has 0 unspecified atom stereocenters. The van der Waals surface area contributed by atoms with Gasteiger partial charge in [-0.2, -0.15) is 13.2 Å². The Hall–Kier alpha value is -0.300. The Morgan fingerprint density at radius 3 is 2.27 bits per heavy atom. The molecule has 1 rings (SSSR count). The standard InChI is InChI=1S/C10H7Cl2F3INO4S/c1-9(19,10(13,14)15)8(18)17-4-2-3-5(22(12,20)21)7(16)6(4)11/h2-3,19H,1H3,(H,17,18)/t9-/m1/s1. The number of carbonyl (C=O) groups is 1. The van der Waals surface area contributed by atoms with Crippen molar-refractivity contribution in [1.29, 1.82) is 0 Å². The van der Waals surface area contributed by atoms with Gasteiger partial charge in [-0.1, -0.05) is 11.6 Å². The van der Waals surface area contributed by atoms with E-state index in [1.54, 1.807) is 5.32 Å². The summed E-state index contributed by atoms with van der Waals surface area (Å²) in [6.07, 6.45) is -5.20. The summed E-state index contributed by atoms with van der Waals surface area (Å²) < 4.78 is 60.1. The van der Waals surface area contributed by atoms with Gasteiger partial charge in [-0.3, -0.25) is 4.79 Å². The second-order valence-electron chi connectivity index (χ2n) is 4.20. The Balaban J connectivity index is 3.22. The number of hydrogen-bond donors (Lipinski definition) is 2. The van der Waals surface area contributed by atoms with E-state index < -0.39 is 26.7 Å². The molecule has 2 N–H and O–H groups in total. The SMILES string of the molecule is C[C@@](O)(C(=O)Nc1ccc(S(=O)(=O)Cl)c(I)c1Cl)C(F)(F)F. The highest BCUT2D eigenvalue weighted by Crippen LogP contribution is 2.36. The summed E-state index contributed by atoms with van der Waals surface area (Å²) in [7, 11) is 1.04. The van der Waals surface area contributed by atoms with Crippen LogP contribution in [0.5, 0.6) is 0 Å². The summed E-state index contributed by atoms with van der Waals surface area (Å²) in [4.78, 5) is 11.2. The van der Waals surface area contributed by atoms with Crippen molar-refractivity contribution in [2.75, 3.05) is 5.32 Å². The molecule has 0 aliphatic carbocycles. The number of halogens is 6. The molecule has 0 heterocycles. The van der Waals surface area contributed by atoms with E-state index >= 15 is 0 Å². The zero-order chi connectivity index (χ0) is 17.5. The molecule has 0 saturated carbocycles. The molecule has 1 aromatic carbocycles. The number of aliphatic hydroxyl groups is 1. The van der Waals surface area contributed by atoms with Gasteiger partial charge >= 0.3 is 6.18 Å². The zero-order valence-electron chi connectivity index (χ0n) is 10.5. The van der Waals surface area contributed by atoms with Crippen molar-refractivity contribution >= 4 is 65.5 Å². The van der Waals surface area contributed by atoms with Gasteiger partial charge in [0.25, 0.3) is 15.0 Å². The van der Waals surface area contributed by atoms with Crippen LogP contribution in [0.15, 0.2) is 17.0 Å². The van der Waals surface area contributed by atoms with Crippen LogP contribution < -0.4 is 5.32 Å². The Kier molecular flexibility index (Phi) is 5.66. The van der Waals surface area contributed by atoms with Crippen molar-refractivity contribution in [2.24, 2.45) is 0 Å². The van der Waals surface area contributed by atoms with E-state index in [9.17, 15) is 31.5 Å².